The van der Waals surface area contributed by atoms with Crippen molar-refractivity contribution in [1.82, 2.24) is 15.1 Å². The van der Waals surface area contributed by atoms with E-state index < -0.39 is 6.04 Å². The smallest absolute Gasteiger partial charge is 0.236 e. The topological polar surface area (TPSA) is 72.9 Å². The molecule has 1 aromatic rings. The van der Waals surface area contributed by atoms with Gasteiger partial charge in [-0.05, 0) is 12.5 Å². The Morgan fingerprint density at radius 1 is 1.73 bits per heavy atom. The third kappa shape index (κ3) is 3.71. The van der Waals surface area contributed by atoms with Crippen LogP contribution in [0.15, 0.2) is 12.3 Å². The summed E-state index contributed by atoms with van der Waals surface area (Å²) in [6, 6.07) is 1.54. The Balaban J connectivity index is 2.24. The maximum absolute atomic E-state index is 11.3. The SMILES string of the molecule is CC[C@@H](N)C(=O)NCCc1ccn(C)n1. The number of nitrogens with zero attached hydrogens (tertiary/aromatic N) is 2. The lowest BCUT2D eigenvalue weighted by Gasteiger charge is -2.08. The van der Waals surface area contributed by atoms with Crippen molar-refractivity contribution in [3.63, 3.8) is 0 Å². The lowest BCUT2D eigenvalue weighted by molar-refractivity contribution is -0.122. The first-order valence-electron chi connectivity index (χ1n) is 5.15. The van der Waals surface area contributed by atoms with Gasteiger partial charge in [0.15, 0.2) is 0 Å². The number of aryl methyl sites for hydroxylation is 1. The Hall–Kier alpha value is -1.36. The maximum atomic E-state index is 11.3. The summed E-state index contributed by atoms with van der Waals surface area (Å²) in [5.41, 5.74) is 6.54. The minimum absolute atomic E-state index is 0.0894. The molecule has 0 spiro atoms. The van der Waals surface area contributed by atoms with Crippen LogP contribution in [-0.2, 0) is 18.3 Å². The van der Waals surface area contributed by atoms with Crippen LogP contribution >= 0.6 is 0 Å². The number of carbonyl (C=O) groups is 1. The molecule has 0 fully saturated rings. The number of aromatic nitrogens is 2. The Labute approximate surface area is 89.6 Å². The summed E-state index contributed by atoms with van der Waals surface area (Å²) in [5, 5.41) is 6.98. The van der Waals surface area contributed by atoms with Crippen LogP contribution in [-0.4, -0.2) is 28.3 Å². The molecule has 84 valence electrons. The van der Waals surface area contributed by atoms with Crippen LogP contribution in [0.25, 0.3) is 0 Å². The molecule has 0 saturated heterocycles. The zero-order chi connectivity index (χ0) is 11.3. The number of carbonyl (C=O) groups excluding carboxylic acids is 1. The van der Waals surface area contributed by atoms with Gasteiger partial charge in [-0.1, -0.05) is 6.92 Å². The molecule has 3 N–H and O–H groups in total. The molecule has 1 aromatic heterocycles. The highest BCUT2D eigenvalue weighted by molar-refractivity contribution is 5.81. The van der Waals surface area contributed by atoms with Crippen LogP contribution in [0, 0.1) is 0 Å². The molecule has 0 bridgehead atoms. The van der Waals surface area contributed by atoms with E-state index in [-0.39, 0.29) is 5.91 Å². The third-order valence-corrected chi connectivity index (χ3v) is 2.23. The van der Waals surface area contributed by atoms with E-state index in [0.29, 0.717) is 13.0 Å². The molecule has 1 amide bonds. The van der Waals surface area contributed by atoms with E-state index in [1.165, 1.54) is 0 Å². The molecule has 0 aliphatic carbocycles. The molecule has 0 aliphatic heterocycles. The molecule has 0 aliphatic rings. The standard InChI is InChI=1S/C10H18N4O/c1-3-9(11)10(15)12-6-4-8-5-7-14(2)13-8/h5,7,9H,3-4,6,11H2,1-2H3,(H,12,15)/t9-/m1/s1. The zero-order valence-corrected chi connectivity index (χ0v) is 9.23. The van der Waals surface area contributed by atoms with Gasteiger partial charge in [-0.2, -0.15) is 5.10 Å². The van der Waals surface area contributed by atoms with Gasteiger partial charge in [-0.25, -0.2) is 0 Å². The van der Waals surface area contributed by atoms with E-state index >= 15 is 0 Å². The number of nitrogens with one attached hydrogen (secondary N) is 1. The van der Waals surface area contributed by atoms with E-state index in [2.05, 4.69) is 10.4 Å². The Morgan fingerprint density at radius 3 is 3.00 bits per heavy atom. The highest BCUT2D eigenvalue weighted by Crippen LogP contribution is 1.94. The lowest BCUT2D eigenvalue weighted by atomic mass is 10.2. The summed E-state index contributed by atoms with van der Waals surface area (Å²) < 4.78 is 1.74. The molecular formula is C10H18N4O. The summed E-state index contributed by atoms with van der Waals surface area (Å²) in [6.45, 7) is 2.48. The molecular weight excluding hydrogens is 192 g/mol. The highest BCUT2D eigenvalue weighted by Gasteiger charge is 2.09. The van der Waals surface area contributed by atoms with Crippen molar-refractivity contribution in [2.45, 2.75) is 25.8 Å². The van der Waals surface area contributed by atoms with Crippen molar-refractivity contribution in [2.24, 2.45) is 12.8 Å². The monoisotopic (exact) mass is 210 g/mol. The largest absolute Gasteiger partial charge is 0.354 e. The molecule has 0 radical (unpaired) electrons. The van der Waals surface area contributed by atoms with Gasteiger partial charge >= 0.3 is 0 Å². The number of amides is 1. The second-order valence-electron chi connectivity index (χ2n) is 3.54. The van der Waals surface area contributed by atoms with Gasteiger partial charge in [-0.3, -0.25) is 9.48 Å². The van der Waals surface area contributed by atoms with Gasteiger partial charge < -0.3 is 11.1 Å². The van der Waals surface area contributed by atoms with E-state index in [1.807, 2.05) is 26.2 Å². The van der Waals surface area contributed by atoms with Crippen LogP contribution in [0.1, 0.15) is 19.0 Å². The van der Waals surface area contributed by atoms with Crippen molar-refractivity contribution < 1.29 is 4.79 Å². The summed E-state index contributed by atoms with van der Waals surface area (Å²) in [5.74, 6) is -0.0894. The Kier molecular flexibility index (Phi) is 4.30. The normalized spacial score (nSPS) is 12.5. The molecule has 0 saturated carbocycles. The zero-order valence-electron chi connectivity index (χ0n) is 9.23. The van der Waals surface area contributed by atoms with Crippen LogP contribution in [0.3, 0.4) is 0 Å². The molecule has 15 heavy (non-hydrogen) atoms. The number of hydrogen-bond donors (Lipinski definition) is 2. The summed E-state index contributed by atoms with van der Waals surface area (Å²) in [4.78, 5) is 11.3. The fourth-order valence-electron chi connectivity index (χ4n) is 1.23. The van der Waals surface area contributed by atoms with Crippen LogP contribution < -0.4 is 11.1 Å². The molecule has 1 heterocycles. The van der Waals surface area contributed by atoms with Crippen LogP contribution in [0.5, 0.6) is 0 Å². The average Bonchev–Trinajstić information content (AvgIpc) is 2.63. The van der Waals surface area contributed by atoms with Gasteiger partial charge in [0.05, 0.1) is 11.7 Å². The number of hydrogen-bond acceptors (Lipinski definition) is 3. The average molecular weight is 210 g/mol. The fraction of sp³-hybridized carbons (Fsp3) is 0.600. The van der Waals surface area contributed by atoms with Gasteiger partial charge in [0, 0.05) is 26.2 Å². The van der Waals surface area contributed by atoms with Gasteiger partial charge in [-0.15, -0.1) is 0 Å². The summed E-state index contributed by atoms with van der Waals surface area (Å²) >= 11 is 0. The van der Waals surface area contributed by atoms with Crippen molar-refractivity contribution in [2.75, 3.05) is 6.54 Å². The predicted octanol–water partition coefficient (Wildman–Crippen LogP) is -0.184. The summed E-state index contributed by atoms with van der Waals surface area (Å²) in [6.07, 6.45) is 3.29. The van der Waals surface area contributed by atoms with Gasteiger partial charge in [0.1, 0.15) is 0 Å². The van der Waals surface area contributed by atoms with Crippen LogP contribution in [0.4, 0.5) is 0 Å². The van der Waals surface area contributed by atoms with E-state index in [1.54, 1.807) is 4.68 Å². The first-order valence-corrected chi connectivity index (χ1v) is 5.15. The highest BCUT2D eigenvalue weighted by atomic mass is 16.2. The first kappa shape index (κ1) is 11.7. The summed E-state index contributed by atoms with van der Waals surface area (Å²) in [7, 11) is 1.87. The quantitative estimate of drug-likeness (QED) is 0.708. The first-order chi connectivity index (χ1) is 7.13. The van der Waals surface area contributed by atoms with Crippen LogP contribution in [0.2, 0.25) is 0 Å². The van der Waals surface area contributed by atoms with E-state index in [4.69, 9.17) is 5.73 Å². The van der Waals surface area contributed by atoms with Crippen molar-refractivity contribution in [3.8, 4) is 0 Å². The number of nitrogens with two attached hydrogens (primary N) is 1. The Morgan fingerprint density at radius 2 is 2.47 bits per heavy atom. The molecule has 0 unspecified atom stereocenters. The maximum Gasteiger partial charge on any atom is 0.236 e. The van der Waals surface area contributed by atoms with Gasteiger partial charge in [0.25, 0.3) is 0 Å². The fourth-order valence-corrected chi connectivity index (χ4v) is 1.23. The minimum atomic E-state index is -0.395. The second-order valence-corrected chi connectivity index (χ2v) is 3.54. The molecule has 5 heteroatoms. The third-order valence-electron chi connectivity index (χ3n) is 2.23. The molecule has 0 aromatic carbocycles. The Bertz CT molecular complexity index is 321. The van der Waals surface area contributed by atoms with E-state index in [0.717, 1.165) is 12.1 Å². The predicted molar refractivity (Wildman–Crippen MR) is 58.2 cm³/mol. The number of rotatable bonds is 5. The minimum Gasteiger partial charge on any atom is -0.354 e. The van der Waals surface area contributed by atoms with Crippen molar-refractivity contribution in [3.05, 3.63) is 18.0 Å². The van der Waals surface area contributed by atoms with Gasteiger partial charge in [0.2, 0.25) is 5.91 Å². The second kappa shape index (κ2) is 5.50. The van der Waals surface area contributed by atoms with Crippen molar-refractivity contribution >= 4 is 5.91 Å². The molecule has 1 rings (SSSR count). The molecule has 5 nitrogen and oxygen atoms in total. The van der Waals surface area contributed by atoms with Crippen molar-refractivity contribution in [1.29, 1.82) is 0 Å². The lowest BCUT2D eigenvalue weighted by Crippen LogP contribution is -2.40. The molecule has 1 atom stereocenters. The van der Waals surface area contributed by atoms with E-state index in [9.17, 15) is 4.79 Å².